The highest BCUT2D eigenvalue weighted by atomic mass is 35.5. The number of hydrogen-bond acceptors (Lipinski definition) is 5. The first-order valence-electron chi connectivity index (χ1n) is 10.4. The average molecular weight is 483 g/mol. The molecular weight excluding hydrogens is 459 g/mol. The van der Waals surface area contributed by atoms with E-state index in [-0.39, 0.29) is 37.4 Å². The normalized spacial score (nSPS) is 19.9. The first-order chi connectivity index (χ1) is 15.5. The highest BCUT2D eigenvalue weighted by molar-refractivity contribution is 6.31. The maximum atomic E-state index is 13.9. The Hall–Kier alpha value is -2.85. The molecule has 0 bridgehead atoms. The SMILES string of the molecule is Cc1nc(C2=C(N)CN(C(=O)c3ccc(F)cc3OC[C@H]3CC(F)(F)CN3)C2)[nH+]c(C)c1Cl. The molecule has 1 atom stereocenters. The molecule has 11 heteroatoms. The van der Waals surface area contributed by atoms with Gasteiger partial charge in [-0.1, -0.05) is 11.6 Å². The average Bonchev–Trinajstić information content (AvgIpc) is 3.31. The van der Waals surface area contributed by atoms with Crippen LogP contribution in [0.3, 0.4) is 0 Å². The van der Waals surface area contributed by atoms with E-state index in [2.05, 4.69) is 15.3 Å². The van der Waals surface area contributed by atoms with Crippen LogP contribution in [0.15, 0.2) is 23.9 Å². The predicted molar refractivity (Wildman–Crippen MR) is 116 cm³/mol. The van der Waals surface area contributed by atoms with Crippen LogP contribution in [0.4, 0.5) is 13.2 Å². The molecule has 1 aromatic heterocycles. The van der Waals surface area contributed by atoms with Crippen molar-refractivity contribution < 1.29 is 27.7 Å². The van der Waals surface area contributed by atoms with E-state index in [1.807, 2.05) is 6.92 Å². The number of ether oxygens (including phenoxy) is 1. The van der Waals surface area contributed by atoms with Gasteiger partial charge in [-0.05, 0) is 24.0 Å². The minimum Gasteiger partial charge on any atom is -0.491 e. The lowest BCUT2D eigenvalue weighted by molar-refractivity contribution is -0.396. The molecule has 2 aromatic rings. The number of rotatable bonds is 5. The summed E-state index contributed by atoms with van der Waals surface area (Å²) >= 11 is 6.18. The van der Waals surface area contributed by atoms with Gasteiger partial charge < -0.3 is 20.7 Å². The lowest BCUT2D eigenvalue weighted by Crippen LogP contribution is -2.32. The van der Waals surface area contributed by atoms with Crippen molar-refractivity contribution in [3.8, 4) is 5.75 Å². The second-order valence-electron chi connectivity index (χ2n) is 8.36. The van der Waals surface area contributed by atoms with Gasteiger partial charge in [0.05, 0.1) is 30.8 Å². The van der Waals surface area contributed by atoms with E-state index in [1.54, 1.807) is 6.92 Å². The highest BCUT2D eigenvalue weighted by Gasteiger charge is 2.39. The van der Waals surface area contributed by atoms with Crippen molar-refractivity contribution in [1.29, 1.82) is 0 Å². The second kappa shape index (κ2) is 8.83. The van der Waals surface area contributed by atoms with Gasteiger partial charge in [0.1, 0.15) is 28.9 Å². The maximum Gasteiger partial charge on any atom is 0.328 e. The van der Waals surface area contributed by atoms with Crippen LogP contribution in [-0.2, 0) is 0 Å². The summed E-state index contributed by atoms with van der Waals surface area (Å²) in [6.45, 7) is 3.36. The van der Waals surface area contributed by atoms with E-state index in [0.29, 0.717) is 27.8 Å². The molecule has 1 aromatic carbocycles. The van der Waals surface area contributed by atoms with Crippen LogP contribution in [0.1, 0.15) is 34.0 Å². The van der Waals surface area contributed by atoms with Gasteiger partial charge in [0.15, 0.2) is 5.69 Å². The predicted octanol–water partition coefficient (Wildman–Crippen LogP) is 2.51. The summed E-state index contributed by atoms with van der Waals surface area (Å²) in [5.41, 5.74) is 8.81. The summed E-state index contributed by atoms with van der Waals surface area (Å²) < 4.78 is 46.3. The maximum absolute atomic E-state index is 13.9. The van der Waals surface area contributed by atoms with E-state index in [0.717, 1.165) is 17.8 Å². The number of hydrogen-bond donors (Lipinski definition) is 2. The van der Waals surface area contributed by atoms with Crippen LogP contribution in [0.2, 0.25) is 5.02 Å². The Kier molecular flexibility index (Phi) is 6.24. The van der Waals surface area contributed by atoms with Gasteiger partial charge in [0, 0.05) is 31.1 Å². The van der Waals surface area contributed by atoms with Gasteiger partial charge in [0.25, 0.3) is 11.8 Å². The van der Waals surface area contributed by atoms with Gasteiger partial charge in [-0.15, -0.1) is 0 Å². The topological polar surface area (TPSA) is 94.6 Å². The molecule has 0 radical (unpaired) electrons. The van der Waals surface area contributed by atoms with Gasteiger partial charge >= 0.3 is 5.82 Å². The number of benzene rings is 1. The van der Waals surface area contributed by atoms with Crippen LogP contribution in [0, 0.1) is 19.7 Å². The number of halogens is 4. The van der Waals surface area contributed by atoms with Crippen molar-refractivity contribution in [1.82, 2.24) is 15.2 Å². The lowest BCUT2D eigenvalue weighted by Gasteiger charge is -2.19. The van der Waals surface area contributed by atoms with Crippen LogP contribution in [0.5, 0.6) is 5.75 Å². The number of nitrogens with two attached hydrogens (primary N) is 1. The zero-order chi connectivity index (χ0) is 23.9. The molecule has 1 amide bonds. The molecule has 2 aliphatic rings. The third-order valence-corrected chi connectivity index (χ3v) is 6.27. The Morgan fingerprint density at radius 1 is 1.39 bits per heavy atom. The van der Waals surface area contributed by atoms with Crippen LogP contribution < -0.4 is 20.8 Å². The molecule has 4 N–H and O–H groups in total. The molecule has 3 heterocycles. The number of amides is 1. The fourth-order valence-corrected chi connectivity index (χ4v) is 4.07. The summed E-state index contributed by atoms with van der Waals surface area (Å²) in [5, 5.41) is 3.19. The summed E-state index contributed by atoms with van der Waals surface area (Å²) in [6, 6.07) is 2.95. The molecule has 7 nitrogen and oxygen atoms in total. The van der Waals surface area contributed by atoms with Crippen molar-refractivity contribution in [3.63, 3.8) is 0 Å². The number of H-pyrrole nitrogens is 1. The van der Waals surface area contributed by atoms with Crippen molar-refractivity contribution in [3.05, 3.63) is 57.5 Å². The Balaban J connectivity index is 1.51. The number of aryl methyl sites for hydroxylation is 2. The van der Waals surface area contributed by atoms with E-state index in [9.17, 15) is 18.0 Å². The van der Waals surface area contributed by atoms with Gasteiger partial charge in [-0.3, -0.25) is 4.79 Å². The van der Waals surface area contributed by atoms with E-state index < -0.39 is 30.2 Å². The number of carbonyl (C=O) groups is 1. The van der Waals surface area contributed by atoms with Gasteiger partial charge in [0.2, 0.25) is 0 Å². The Labute approximate surface area is 193 Å². The minimum atomic E-state index is -2.81. The lowest BCUT2D eigenvalue weighted by atomic mass is 10.1. The molecule has 0 spiro atoms. The molecule has 33 heavy (non-hydrogen) atoms. The summed E-state index contributed by atoms with van der Waals surface area (Å²) in [7, 11) is 0. The first kappa shape index (κ1) is 23.3. The van der Waals surface area contributed by atoms with E-state index in [4.69, 9.17) is 22.1 Å². The molecule has 2 aliphatic heterocycles. The molecular formula is C22H24ClF3N5O2+. The number of aromatic amines is 1. The fourth-order valence-electron chi connectivity index (χ4n) is 3.98. The monoisotopic (exact) mass is 482 g/mol. The number of carbonyl (C=O) groups excluding carboxylic acids is 1. The number of aromatic nitrogens is 2. The van der Waals surface area contributed by atoms with Crippen molar-refractivity contribution in [2.75, 3.05) is 26.2 Å². The van der Waals surface area contributed by atoms with Crippen molar-refractivity contribution in [2.45, 2.75) is 32.2 Å². The highest BCUT2D eigenvalue weighted by Crippen LogP contribution is 2.29. The third-order valence-electron chi connectivity index (χ3n) is 5.71. The summed E-state index contributed by atoms with van der Waals surface area (Å²) in [5.74, 6) is -3.32. The standard InChI is InChI=1S/C22H23ClF3N5O2/c1-11-19(23)12(2)30-20(29-11)16-7-31(8-17(16)27)21(32)15-4-3-13(24)5-18(15)33-9-14-6-22(25,26)10-28-14/h3-5,14,28H,6-10,27H2,1-2H3/p+1/t14-/m1/s1. The summed E-state index contributed by atoms with van der Waals surface area (Å²) in [6.07, 6.45) is -0.384. The van der Waals surface area contributed by atoms with Crippen LogP contribution >= 0.6 is 11.6 Å². The van der Waals surface area contributed by atoms with E-state index in [1.165, 1.54) is 11.0 Å². The van der Waals surface area contributed by atoms with Gasteiger partial charge in [-0.25, -0.2) is 18.2 Å². The van der Waals surface area contributed by atoms with Crippen LogP contribution in [-0.4, -0.2) is 54.0 Å². The van der Waals surface area contributed by atoms with Gasteiger partial charge in [-0.2, -0.15) is 0 Å². The number of nitrogens with zero attached hydrogens (tertiary/aromatic N) is 2. The Morgan fingerprint density at radius 2 is 2.15 bits per heavy atom. The Morgan fingerprint density at radius 3 is 2.82 bits per heavy atom. The molecule has 4 rings (SSSR count). The zero-order valence-electron chi connectivity index (χ0n) is 18.1. The number of alkyl halides is 2. The summed E-state index contributed by atoms with van der Waals surface area (Å²) in [4.78, 5) is 22.3. The largest absolute Gasteiger partial charge is 0.491 e. The van der Waals surface area contributed by atoms with Crippen molar-refractivity contribution in [2.24, 2.45) is 5.73 Å². The molecule has 0 unspecified atom stereocenters. The molecule has 1 fully saturated rings. The molecule has 1 saturated heterocycles. The second-order valence-corrected chi connectivity index (χ2v) is 8.74. The zero-order valence-corrected chi connectivity index (χ0v) is 18.9. The minimum absolute atomic E-state index is 0.00749. The van der Waals surface area contributed by atoms with E-state index >= 15 is 0 Å². The molecule has 0 aliphatic carbocycles. The smallest absolute Gasteiger partial charge is 0.328 e. The molecule has 176 valence electrons. The number of nitrogens with one attached hydrogen (secondary N) is 2. The molecule has 0 saturated carbocycles. The fraction of sp³-hybridized carbons (Fsp3) is 0.409. The first-order valence-corrected chi connectivity index (χ1v) is 10.8. The quantitative estimate of drug-likeness (QED) is 0.683. The Bertz CT molecular complexity index is 1120. The van der Waals surface area contributed by atoms with Crippen LogP contribution in [0.25, 0.3) is 5.57 Å². The van der Waals surface area contributed by atoms with Crippen molar-refractivity contribution >= 4 is 23.1 Å². The third kappa shape index (κ3) is 4.91.